The number of aryl methyl sites for hydroxylation is 1. The Labute approximate surface area is 241 Å². The van der Waals surface area contributed by atoms with Gasteiger partial charge >= 0.3 is 0 Å². The molecule has 6 nitrogen and oxygen atoms in total. The molecule has 2 bridgehead atoms. The normalized spacial score (nSPS) is 29.1. The molecule has 2 aliphatic carbocycles. The van der Waals surface area contributed by atoms with E-state index in [4.69, 9.17) is 4.74 Å². The minimum Gasteiger partial charge on any atom is -0.504 e. The van der Waals surface area contributed by atoms with E-state index < -0.39 is 17.1 Å². The van der Waals surface area contributed by atoms with Crippen molar-refractivity contribution in [3.8, 4) is 23.3 Å². The maximum Gasteiger partial charge on any atom is 0.298 e. The summed E-state index contributed by atoms with van der Waals surface area (Å²) in [6.45, 7) is 3.65. The third-order valence-corrected chi connectivity index (χ3v) is 10.2. The second-order valence-corrected chi connectivity index (χ2v) is 12.2. The fourth-order valence-corrected chi connectivity index (χ4v) is 8.39. The minimum absolute atomic E-state index is 0.129. The minimum atomic E-state index is -1.26. The number of phenolic OH excluding ortho intramolecular Hbond substituents is 1. The number of ether oxygens (including phenoxy) is 1. The lowest BCUT2D eigenvalue weighted by Crippen LogP contribution is -2.81. The molecule has 0 radical (unpaired) electrons. The number of likely N-dealkylation sites (N-methyl/N-ethyl adjacent to an activating group) is 1. The number of rotatable bonds is 4. The van der Waals surface area contributed by atoms with Gasteiger partial charge < -0.3 is 19.8 Å². The molecule has 1 saturated carbocycles. The monoisotopic (exact) mass is 548 g/mol. The first-order chi connectivity index (χ1) is 19.8. The summed E-state index contributed by atoms with van der Waals surface area (Å²) in [6.07, 6.45) is 3.28. The highest BCUT2D eigenvalue weighted by Gasteiger charge is 2.74. The molecule has 1 amide bonds. The number of aromatic hydroxyl groups is 1. The van der Waals surface area contributed by atoms with Crippen molar-refractivity contribution in [2.45, 2.75) is 68.2 Å². The Morgan fingerprint density at radius 2 is 1.95 bits per heavy atom. The van der Waals surface area contributed by atoms with Crippen LogP contribution in [0.25, 0.3) is 0 Å². The Morgan fingerprint density at radius 3 is 2.76 bits per heavy atom. The van der Waals surface area contributed by atoms with Gasteiger partial charge in [0.2, 0.25) is 0 Å². The molecule has 3 aromatic carbocycles. The number of nitrogens with zero attached hydrogens (tertiary/aromatic N) is 2. The molecule has 4 aliphatic rings. The van der Waals surface area contributed by atoms with Gasteiger partial charge in [0.1, 0.15) is 11.7 Å². The van der Waals surface area contributed by atoms with Gasteiger partial charge in [-0.05, 0) is 80.5 Å². The Kier molecular flexibility index (Phi) is 6.15. The van der Waals surface area contributed by atoms with Crippen LogP contribution in [0.5, 0.6) is 11.5 Å². The van der Waals surface area contributed by atoms with Gasteiger partial charge in [0.15, 0.2) is 11.5 Å². The number of piperidine rings is 1. The maximum atomic E-state index is 13.6. The number of hydrogen-bond acceptors (Lipinski definition) is 5. The highest BCUT2D eigenvalue weighted by atomic mass is 16.5. The van der Waals surface area contributed by atoms with Gasteiger partial charge in [-0.2, -0.15) is 0 Å². The third-order valence-electron chi connectivity index (χ3n) is 10.2. The SMILES string of the molecule is Cc1cccc(C#CC(=O)N(C)[C@H]2CC[C@@H]3Oc4c(O)ccc5c4[C@@]34CCN(CCc3ccccc3)[C@H](C5)[C@]24O)c1. The second kappa shape index (κ2) is 9.65. The molecule has 2 heterocycles. The van der Waals surface area contributed by atoms with Gasteiger partial charge in [-0.15, -0.1) is 0 Å². The van der Waals surface area contributed by atoms with Gasteiger partial charge in [-0.1, -0.05) is 54.5 Å². The highest BCUT2D eigenvalue weighted by Crippen LogP contribution is 2.65. The van der Waals surface area contributed by atoms with Crippen molar-refractivity contribution in [1.82, 2.24) is 9.80 Å². The molecule has 7 rings (SSSR count). The molecule has 2 aliphatic heterocycles. The van der Waals surface area contributed by atoms with E-state index in [0.29, 0.717) is 31.4 Å². The Morgan fingerprint density at radius 1 is 1.12 bits per heavy atom. The van der Waals surface area contributed by atoms with Gasteiger partial charge in [0.25, 0.3) is 5.91 Å². The van der Waals surface area contributed by atoms with E-state index in [9.17, 15) is 15.0 Å². The number of carbonyl (C=O) groups excluding carboxylic acids is 1. The Bertz CT molecular complexity index is 1580. The standard InChI is InChI=1S/C35H36N2O4/c1-23-7-6-10-25(21-23)11-16-31(39)36(2)28-14-15-30-34-18-20-37(19-17-24-8-4-3-5-9-24)29(35(28,34)40)22-26-12-13-27(38)33(41-30)32(26)34/h3-10,12-13,21,28-30,38,40H,14-15,17-20,22H2,1-2H3/t28-,29+,30-,34+,35+/m0/s1. The van der Waals surface area contributed by atoms with Crippen LogP contribution < -0.4 is 4.74 Å². The second-order valence-electron chi connectivity index (χ2n) is 12.2. The largest absolute Gasteiger partial charge is 0.504 e. The number of benzene rings is 3. The average molecular weight is 549 g/mol. The van der Waals surface area contributed by atoms with Crippen LogP contribution >= 0.6 is 0 Å². The van der Waals surface area contributed by atoms with Gasteiger partial charge in [0.05, 0.1) is 11.5 Å². The van der Waals surface area contributed by atoms with Crippen LogP contribution in [0.1, 0.15) is 47.1 Å². The summed E-state index contributed by atoms with van der Waals surface area (Å²) in [5, 5.41) is 24.0. The van der Waals surface area contributed by atoms with Crippen LogP contribution in [0.2, 0.25) is 0 Å². The molecule has 2 N–H and O–H groups in total. The Hall–Kier alpha value is -3.79. The quantitative estimate of drug-likeness (QED) is 0.483. The summed E-state index contributed by atoms with van der Waals surface area (Å²) < 4.78 is 6.48. The van der Waals surface area contributed by atoms with Gasteiger partial charge in [-0.25, -0.2) is 0 Å². The van der Waals surface area contributed by atoms with Crippen molar-refractivity contribution >= 4 is 5.91 Å². The molecule has 0 aromatic heterocycles. The first-order valence-corrected chi connectivity index (χ1v) is 14.7. The summed E-state index contributed by atoms with van der Waals surface area (Å²) in [7, 11) is 1.78. The summed E-state index contributed by atoms with van der Waals surface area (Å²) in [6, 6.07) is 21.4. The Balaban J connectivity index is 1.28. The van der Waals surface area contributed by atoms with E-state index in [2.05, 4.69) is 41.0 Å². The zero-order valence-electron chi connectivity index (χ0n) is 23.6. The van der Waals surface area contributed by atoms with Gasteiger partial charge in [0, 0.05) is 36.7 Å². The van der Waals surface area contributed by atoms with Crippen molar-refractivity contribution in [2.75, 3.05) is 20.1 Å². The first kappa shape index (κ1) is 26.1. The first-order valence-electron chi connectivity index (χ1n) is 14.7. The van der Waals surface area contributed by atoms with Crippen molar-refractivity contribution in [2.24, 2.45) is 0 Å². The molecule has 1 spiro atoms. The number of hydrogen-bond donors (Lipinski definition) is 2. The van der Waals surface area contributed by atoms with E-state index in [1.54, 1.807) is 18.0 Å². The van der Waals surface area contributed by atoms with Crippen LogP contribution in [-0.2, 0) is 23.1 Å². The lowest BCUT2D eigenvalue weighted by Gasteiger charge is -2.66. The van der Waals surface area contributed by atoms with Crippen molar-refractivity contribution < 1.29 is 19.7 Å². The smallest absolute Gasteiger partial charge is 0.298 e. The molecule has 3 aromatic rings. The third kappa shape index (κ3) is 3.83. The van der Waals surface area contributed by atoms with Gasteiger partial charge in [-0.3, -0.25) is 9.69 Å². The van der Waals surface area contributed by atoms with Crippen LogP contribution in [0.3, 0.4) is 0 Å². The summed E-state index contributed by atoms with van der Waals surface area (Å²) in [5.41, 5.74) is 3.30. The number of likely N-dealkylation sites (tertiary alicyclic amines) is 1. The zero-order chi connectivity index (χ0) is 28.4. The summed E-state index contributed by atoms with van der Waals surface area (Å²) in [4.78, 5) is 17.7. The fourth-order valence-electron chi connectivity index (χ4n) is 8.39. The molecule has 2 fully saturated rings. The molecule has 210 valence electrons. The van der Waals surface area contributed by atoms with Crippen molar-refractivity contribution in [3.63, 3.8) is 0 Å². The lowest BCUT2D eigenvalue weighted by molar-refractivity contribution is -0.216. The predicted octanol–water partition coefficient (Wildman–Crippen LogP) is 3.98. The molecule has 41 heavy (non-hydrogen) atoms. The van der Waals surface area contributed by atoms with Crippen molar-refractivity contribution in [1.29, 1.82) is 0 Å². The number of phenols is 1. The lowest BCUT2D eigenvalue weighted by atomic mass is 9.47. The molecule has 0 unspecified atom stereocenters. The van der Waals surface area contributed by atoms with Crippen LogP contribution in [0, 0.1) is 18.8 Å². The predicted molar refractivity (Wildman–Crippen MR) is 157 cm³/mol. The molecule has 1 saturated heterocycles. The zero-order valence-corrected chi connectivity index (χ0v) is 23.6. The topological polar surface area (TPSA) is 73.2 Å². The van der Waals surface area contributed by atoms with E-state index in [-0.39, 0.29) is 23.8 Å². The molecular weight excluding hydrogens is 512 g/mol. The van der Waals surface area contributed by atoms with E-state index in [1.165, 1.54) is 5.56 Å². The van der Waals surface area contributed by atoms with Crippen LogP contribution in [-0.4, -0.2) is 69.8 Å². The number of amides is 1. The fraction of sp³-hybridized carbons (Fsp3) is 0.400. The maximum absolute atomic E-state index is 13.6. The van der Waals surface area contributed by atoms with Crippen LogP contribution in [0.4, 0.5) is 0 Å². The summed E-state index contributed by atoms with van der Waals surface area (Å²) >= 11 is 0. The summed E-state index contributed by atoms with van der Waals surface area (Å²) in [5.74, 6) is 6.24. The molecule has 5 atom stereocenters. The number of carbonyl (C=O) groups is 1. The van der Waals surface area contributed by atoms with E-state index in [0.717, 1.165) is 41.8 Å². The highest BCUT2D eigenvalue weighted by molar-refractivity contribution is 5.94. The number of aliphatic hydroxyl groups is 1. The van der Waals surface area contributed by atoms with Crippen molar-refractivity contribution in [3.05, 3.63) is 94.5 Å². The molecular formula is C35H36N2O4. The van der Waals surface area contributed by atoms with Crippen LogP contribution in [0.15, 0.2) is 66.7 Å². The van der Waals surface area contributed by atoms with E-state index >= 15 is 0 Å². The average Bonchev–Trinajstić information content (AvgIpc) is 3.32. The van der Waals surface area contributed by atoms with E-state index in [1.807, 2.05) is 43.3 Å². The molecule has 6 heteroatoms.